The van der Waals surface area contributed by atoms with E-state index in [1.165, 1.54) is 29.5 Å². The van der Waals surface area contributed by atoms with Gasteiger partial charge in [0.25, 0.3) is 10.0 Å². The lowest BCUT2D eigenvalue weighted by Gasteiger charge is -2.15. The predicted molar refractivity (Wildman–Crippen MR) is 110 cm³/mol. The Labute approximate surface area is 162 Å². The highest BCUT2D eigenvalue weighted by molar-refractivity contribution is 7.92. The van der Waals surface area contributed by atoms with Gasteiger partial charge in [0, 0.05) is 12.2 Å². The zero-order valence-corrected chi connectivity index (χ0v) is 16.8. The molecular formula is C22H28N2O2S. The molecule has 1 atom stereocenters. The van der Waals surface area contributed by atoms with Gasteiger partial charge in [0.05, 0.1) is 4.90 Å². The van der Waals surface area contributed by atoms with Crippen molar-refractivity contribution < 1.29 is 8.42 Å². The van der Waals surface area contributed by atoms with Gasteiger partial charge in [0.2, 0.25) is 0 Å². The fourth-order valence-electron chi connectivity index (χ4n) is 4.38. The molecule has 4 nitrogen and oxygen atoms in total. The van der Waals surface area contributed by atoms with Crippen LogP contribution in [0, 0.1) is 0 Å². The summed E-state index contributed by atoms with van der Waals surface area (Å²) >= 11 is 0. The van der Waals surface area contributed by atoms with Crippen LogP contribution in [0.5, 0.6) is 0 Å². The Morgan fingerprint density at radius 1 is 1.07 bits per heavy atom. The lowest BCUT2D eigenvalue weighted by atomic mass is 9.98. The maximum absolute atomic E-state index is 12.7. The summed E-state index contributed by atoms with van der Waals surface area (Å²) in [4.78, 5) is 2.87. The minimum Gasteiger partial charge on any atom is -0.303 e. The van der Waals surface area contributed by atoms with Crippen LogP contribution in [0.15, 0.2) is 47.4 Å². The lowest BCUT2D eigenvalue weighted by Crippen LogP contribution is -2.20. The fourth-order valence-corrected chi connectivity index (χ4v) is 5.49. The fraction of sp³-hybridized carbons (Fsp3) is 0.455. The molecule has 0 spiro atoms. The molecule has 0 unspecified atom stereocenters. The molecule has 0 bridgehead atoms. The second kappa shape index (κ2) is 7.64. The Bertz CT molecular complexity index is 906. The summed E-state index contributed by atoms with van der Waals surface area (Å²) in [5.41, 5.74) is 4.38. The van der Waals surface area contributed by atoms with E-state index in [1.54, 1.807) is 6.07 Å². The van der Waals surface area contributed by atoms with Crippen LogP contribution in [0.2, 0.25) is 0 Å². The Balaban J connectivity index is 1.45. The highest BCUT2D eigenvalue weighted by Crippen LogP contribution is 2.29. The first-order valence-corrected chi connectivity index (χ1v) is 11.5. The van der Waals surface area contributed by atoms with Gasteiger partial charge in [0.1, 0.15) is 0 Å². The van der Waals surface area contributed by atoms with E-state index in [0.29, 0.717) is 16.5 Å². The van der Waals surface area contributed by atoms with Crippen molar-refractivity contribution in [1.82, 2.24) is 4.90 Å². The van der Waals surface area contributed by atoms with Crippen LogP contribution >= 0.6 is 0 Å². The summed E-state index contributed by atoms with van der Waals surface area (Å²) in [6.45, 7) is 5.64. The smallest absolute Gasteiger partial charge is 0.261 e. The third-order valence-electron chi connectivity index (χ3n) is 5.83. The third-order valence-corrected chi connectivity index (χ3v) is 7.21. The number of aryl methyl sites for hydroxylation is 2. The van der Waals surface area contributed by atoms with Crippen molar-refractivity contribution in [3.05, 3.63) is 59.2 Å². The molecule has 4 rings (SSSR count). The normalized spacial score (nSPS) is 20.0. The molecule has 1 aliphatic carbocycles. The van der Waals surface area contributed by atoms with Crippen LogP contribution in [0.4, 0.5) is 5.69 Å². The molecule has 1 fully saturated rings. The molecule has 1 heterocycles. The molecule has 27 heavy (non-hydrogen) atoms. The van der Waals surface area contributed by atoms with Gasteiger partial charge in [-0.3, -0.25) is 4.72 Å². The first-order valence-electron chi connectivity index (χ1n) is 10.0. The molecule has 0 saturated carbocycles. The second-order valence-electron chi connectivity index (χ2n) is 7.80. The zero-order valence-electron chi connectivity index (χ0n) is 15.9. The van der Waals surface area contributed by atoms with Gasteiger partial charge in [0.15, 0.2) is 0 Å². The average Bonchev–Trinajstić information content (AvgIpc) is 3.31. The second-order valence-corrected chi connectivity index (χ2v) is 9.48. The summed E-state index contributed by atoms with van der Waals surface area (Å²) in [7, 11) is -3.54. The van der Waals surface area contributed by atoms with Crippen molar-refractivity contribution in [3.63, 3.8) is 0 Å². The third kappa shape index (κ3) is 4.04. The van der Waals surface area contributed by atoms with Gasteiger partial charge in [-0.15, -0.1) is 0 Å². The van der Waals surface area contributed by atoms with Gasteiger partial charge in [-0.05, 0) is 92.1 Å². The van der Waals surface area contributed by atoms with Crippen molar-refractivity contribution in [2.24, 2.45) is 0 Å². The number of fused-ring (bicyclic) bond motifs is 1. The van der Waals surface area contributed by atoms with Crippen LogP contribution in [-0.4, -0.2) is 33.0 Å². The number of anilines is 1. The minimum atomic E-state index is -3.54. The molecule has 0 radical (unpaired) electrons. The number of sulfonamides is 1. The maximum atomic E-state index is 12.7. The predicted octanol–water partition coefficient (Wildman–Crippen LogP) is 4.18. The largest absolute Gasteiger partial charge is 0.303 e. The number of nitrogens with zero attached hydrogens (tertiary/aromatic N) is 1. The molecule has 1 aliphatic heterocycles. The number of hydrogen-bond donors (Lipinski definition) is 1. The van der Waals surface area contributed by atoms with Crippen molar-refractivity contribution in [2.45, 2.75) is 49.8 Å². The molecule has 144 valence electrons. The van der Waals surface area contributed by atoms with Gasteiger partial charge >= 0.3 is 0 Å². The van der Waals surface area contributed by atoms with E-state index in [0.717, 1.165) is 38.9 Å². The first-order chi connectivity index (χ1) is 13.0. The van der Waals surface area contributed by atoms with Gasteiger partial charge < -0.3 is 4.90 Å². The number of nitrogens with one attached hydrogen (secondary N) is 1. The highest BCUT2D eigenvalue weighted by Gasteiger charge is 2.23. The van der Waals surface area contributed by atoms with Gasteiger partial charge in [-0.25, -0.2) is 8.42 Å². The van der Waals surface area contributed by atoms with E-state index in [2.05, 4.69) is 28.7 Å². The molecule has 1 N–H and O–H groups in total. The SMILES string of the molecule is CCCN1CC[C@@H](c2ccc(NS(=O)(=O)c3ccc4c(c3)CCC4)cc2)C1. The Morgan fingerprint density at radius 3 is 2.63 bits per heavy atom. The number of benzene rings is 2. The van der Waals surface area contributed by atoms with E-state index < -0.39 is 10.0 Å². The van der Waals surface area contributed by atoms with Gasteiger partial charge in [-0.1, -0.05) is 25.1 Å². The van der Waals surface area contributed by atoms with Crippen molar-refractivity contribution in [2.75, 3.05) is 24.4 Å². The van der Waals surface area contributed by atoms with Crippen LogP contribution in [0.25, 0.3) is 0 Å². The molecule has 2 aromatic carbocycles. The van der Waals surface area contributed by atoms with E-state index >= 15 is 0 Å². The standard InChI is InChI=1S/C22H28N2O2S/c1-2-13-24-14-12-20(16-24)18-6-9-21(10-7-18)23-27(25,26)22-11-8-17-4-3-5-19(17)15-22/h6-11,15,20,23H,2-5,12-14,16H2,1H3/t20-/m1/s1. The molecule has 0 amide bonds. The van der Waals surface area contributed by atoms with E-state index in [-0.39, 0.29) is 0 Å². The minimum absolute atomic E-state index is 0.359. The van der Waals surface area contributed by atoms with E-state index in [1.807, 2.05) is 24.3 Å². The highest BCUT2D eigenvalue weighted by atomic mass is 32.2. The summed E-state index contributed by atoms with van der Waals surface area (Å²) in [6, 6.07) is 13.4. The average molecular weight is 385 g/mol. The van der Waals surface area contributed by atoms with E-state index in [4.69, 9.17) is 0 Å². The monoisotopic (exact) mass is 384 g/mol. The number of hydrogen-bond acceptors (Lipinski definition) is 3. The lowest BCUT2D eigenvalue weighted by molar-refractivity contribution is 0.335. The molecule has 5 heteroatoms. The van der Waals surface area contributed by atoms with Crippen molar-refractivity contribution >= 4 is 15.7 Å². The first kappa shape index (κ1) is 18.5. The van der Waals surface area contributed by atoms with Crippen molar-refractivity contribution in [3.8, 4) is 0 Å². The zero-order chi connectivity index (χ0) is 18.9. The molecule has 2 aliphatic rings. The quantitative estimate of drug-likeness (QED) is 0.813. The molecule has 1 saturated heterocycles. The number of likely N-dealkylation sites (tertiary alicyclic amines) is 1. The Morgan fingerprint density at radius 2 is 1.85 bits per heavy atom. The van der Waals surface area contributed by atoms with E-state index in [9.17, 15) is 8.42 Å². The van der Waals surface area contributed by atoms with Gasteiger partial charge in [-0.2, -0.15) is 0 Å². The Kier molecular flexibility index (Phi) is 5.24. The molecule has 2 aromatic rings. The summed E-state index contributed by atoms with van der Waals surface area (Å²) in [5.74, 6) is 0.555. The maximum Gasteiger partial charge on any atom is 0.261 e. The summed E-state index contributed by atoms with van der Waals surface area (Å²) in [6.07, 6.45) is 5.52. The number of rotatable bonds is 6. The van der Waals surface area contributed by atoms with Crippen LogP contribution in [0.3, 0.4) is 0 Å². The molecular weight excluding hydrogens is 356 g/mol. The van der Waals surface area contributed by atoms with Crippen LogP contribution < -0.4 is 4.72 Å². The Hall–Kier alpha value is -1.85. The van der Waals surface area contributed by atoms with Crippen molar-refractivity contribution in [1.29, 1.82) is 0 Å². The van der Waals surface area contributed by atoms with Crippen LogP contribution in [-0.2, 0) is 22.9 Å². The summed E-state index contributed by atoms with van der Waals surface area (Å²) < 4.78 is 28.2. The molecule has 0 aromatic heterocycles. The van der Waals surface area contributed by atoms with Crippen LogP contribution in [0.1, 0.15) is 48.8 Å². The topological polar surface area (TPSA) is 49.4 Å². The summed E-state index contributed by atoms with van der Waals surface area (Å²) in [5, 5.41) is 0.